The summed E-state index contributed by atoms with van der Waals surface area (Å²) >= 11 is 3.33. The summed E-state index contributed by atoms with van der Waals surface area (Å²) in [7, 11) is 0. The van der Waals surface area contributed by atoms with E-state index < -0.39 is 5.56 Å². The van der Waals surface area contributed by atoms with Gasteiger partial charge in [0.15, 0.2) is 5.82 Å². The molecule has 1 aromatic carbocycles. The Morgan fingerprint density at radius 2 is 1.88 bits per heavy atom. The van der Waals surface area contributed by atoms with Crippen molar-refractivity contribution in [3.8, 4) is 0 Å². The molecule has 0 aliphatic rings. The first-order valence-electron chi connectivity index (χ1n) is 4.74. The van der Waals surface area contributed by atoms with Crippen molar-refractivity contribution in [2.45, 2.75) is 0 Å². The number of aromatic amines is 1. The van der Waals surface area contributed by atoms with Gasteiger partial charge in [-0.2, -0.15) is 4.98 Å². The number of halogens is 1. The Labute approximate surface area is 105 Å². The van der Waals surface area contributed by atoms with Gasteiger partial charge in [0.25, 0.3) is 5.56 Å². The highest BCUT2D eigenvalue weighted by Gasteiger charge is 2.06. The fourth-order valence-corrected chi connectivity index (χ4v) is 1.53. The number of anilines is 4. The van der Waals surface area contributed by atoms with Crippen LogP contribution in [0.5, 0.6) is 0 Å². The van der Waals surface area contributed by atoms with E-state index in [2.05, 4.69) is 31.2 Å². The molecule has 6 N–H and O–H groups in total. The molecule has 7 heteroatoms. The van der Waals surface area contributed by atoms with E-state index in [1.54, 1.807) is 0 Å². The molecule has 88 valence electrons. The lowest BCUT2D eigenvalue weighted by molar-refractivity contribution is 1.14. The predicted octanol–water partition coefficient (Wildman–Crippen LogP) is 1.44. The number of aromatic nitrogens is 2. The first-order chi connectivity index (χ1) is 8.06. The summed E-state index contributed by atoms with van der Waals surface area (Å²) in [5.74, 6) is 0.261. The van der Waals surface area contributed by atoms with Gasteiger partial charge < -0.3 is 16.8 Å². The molecule has 0 spiro atoms. The molecule has 0 saturated carbocycles. The van der Waals surface area contributed by atoms with Crippen molar-refractivity contribution in [1.82, 2.24) is 9.97 Å². The largest absolute Gasteiger partial charge is 0.391 e. The van der Waals surface area contributed by atoms with E-state index in [0.29, 0.717) is 0 Å². The second-order valence-electron chi connectivity index (χ2n) is 3.35. The van der Waals surface area contributed by atoms with Crippen LogP contribution in [0.1, 0.15) is 0 Å². The quantitative estimate of drug-likeness (QED) is 0.670. The van der Waals surface area contributed by atoms with E-state index in [1.807, 2.05) is 24.3 Å². The summed E-state index contributed by atoms with van der Waals surface area (Å²) in [5.41, 5.74) is 11.3. The molecule has 0 bridgehead atoms. The van der Waals surface area contributed by atoms with Crippen LogP contribution in [-0.2, 0) is 0 Å². The molecule has 2 aromatic rings. The van der Waals surface area contributed by atoms with Crippen molar-refractivity contribution in [1.29, 1.82) is 0 Å². The van der Waals surface area contributed by atoms with Gasteiger partial charge >= 0.3 is 0 Å². The highest BCUT2D eigenvalue weighted by Crippen LogP contribution is 2.20. The van der Waals surface area contributed by atoms with Gasteiger partial charge in [-0.25, -0.2) is 0 Å². The third-order valence-electron chi connectivity index (χ3n) is 2.08. The molecular formula is C10H10BrN5O. The number of nitrogens with two attached hydrogens (primary N) is 2. The molecule has 6 nitrogen and oxygen atoms in total. The minimum absolute atomic E-state index is 0.00196. The Morgan fingerprint density at radius 3 is 2.53 bits per heavy atom. The first-order valence-corrected chi connectivity index (χ1v) is 5.53. The van der Waals surface area contributed by atoms with Crippen LogP contribution >= 0.6 is 15.9 Å². The van der Waals surface area contributed by atoms with Crippen LogP contribution in [0, 0.1) is 0 Å². The van der Waals surface area contributed by atoms with Crippen LogP contribution in [-0.4, -0.2) is 9.97 Å². The average Bonchev–Trinajstić information content (AvgIpc) is 2.28. The fraction of sp³-hybridized carbons (Fsp3) is 0. The molecule has 1 heterocycles. The zero-order valence-corrected chi connectivity index (χ0v) is 10.3. The molecule has 0 aliphatic carbocycles. The Balaban J connectivity index is 2.36. The van der Waals surface area contributed by atoms with E-state index in [4.69, 9.17) is 11.5 Å². The smallest absolute Gasteiger partial charge is 0.277 e. The Bertz CT molecular complexity index is 593. The summed E-state index contributed by atoms with van der Waals surface area (Å²) in [5, 5.41) is 2.92. The van der Waals surface area contributed by atoms with Crippen LogP contribution in [0.2, 0.25) is 0 Å². The topological polar surface area (TPSA) is 110 Å². The van der Waals surface area contributed by atoms with Crippen molar-refractivity contribution in [2.75, 3.05) is 16.8 Å². The number of nitrogens with one attached hydrogen (secondary N) is 2. The van der Waals surface area contributed by atoms with E-state index in [-0.39, 0.29) is 17.5 Å². The van der Waals surface area contributed by atoms with Gasteiger partial charge in [0, 0.05) is 10.2 Å². The van der Waals surface area contributed by atoms with Crippen molar-refractivity contribution in [2.24, 2.45) is 0 Å². The number of hydrogen-bond donors (Lipinski definition) is 4. The lowest BCUT2D eigenvalue weighted by Crippen LogP contribution is -2.17. The van der Waals surface area contributed by atoms with Gasteiger partial charge in [0.1, 0.15) is 5.69 Å². The molecular weight excluding hydrogens is 286 g/mol. The number of hydrogen-bond acceptors (Lipinski definition) is 5. The molecule has 0 saturated heterocycles. The number of nitrogens with zero attached hydrogens (tertiary/aromatic N) is 1. The van der Waals surface area contributed by atoms with Crippen LogP contribution < -0.4 is 22.3 Å². The van der Waals surface area contributed by atoms with Crippen LogP contribution in [0.25, 0.3) is 0 Å². The normalized spacial score (nSPS) is 10.2. The standard InChI is InChI=1S/C10H10BrN5O/c11-5-1-3-6(4-2-5)14-8-7(12)9(17)16-10(13)15-8/h1-4H,12H2,(H4,13,14,15,16,17). The second kappa shape index (κ2) is 4.46. The van der Waals surface area contributed by atoms with Gasteiger partial charge in [-0.1, -0.05) is 15.9 Å². The number of H-pyrrole nitrogens is 1. The maximum absolute atomic E-state index is 11.4. The Hall–Kier alpha value is -2.02. The monoisotopic (exact) mass is 295 g/mol. The van der Waals surface area contributed by atoms with E-state index in [1.165, 1.54) is 0 Å². The molecule has 0 aliphatic heterocycles. The Kier molecular flexibility index (Phi) is 3.01. The van der Waals surface area contributed by atoms with Gasteiger partial charge in [-0.05, 0) is 24.3 Å². The van der Waals surface area contributed by atoms with Crippen molar-refractivity contribution in [3.05, 3.63) is 39.1 Å². The average molecular weight is 296 g/mol. The van der Waals surface area contributed by atoms with Crippen molar-refractivity contribution < 1.29 is 0 Å². The van der Waals surface area contributed by atoms with E-state index in [0.717, 1.165) is 10.2 Å². The molecule has 0 atom stereocenters. The van der Waals surface area contributed by atoms with Gasteiger partial charge in [0.05, 0.1) is 0 Å². The molecule has 0 amide bonds. The highest BCUT2D eigenvalue weighted by atomic mass is 79.9. The molecule has 0 fully saturated rings. The van der Waals surface area contributed by atoms with Crippen molar-refractivity contribution in [3.63, 3.8) is 0 Å². The summed E-state index contributed by atoms with van der Waals surface area (Å²) < 4.78 is 0.953. The summed E-state index contributed by atoms with van der Waals surface area (Å²) in [4.78, 5) is 17.6. The molecule has 2 rings (SSSR count). The third-order valence-corrected chi connectivity index (χ3v) is 2.61. The number of benzene rings is 1. The van der Waals surface area contributed by atoms with E-state index >= 15 is 0 Å². The number of rotatable bonds is 2. The van der Waals surface area contributed by atoms with Crippen LogP contribution in [0.15, 0.2) is 33.5 Å². The van der Waals surface area contributed by atoms with Gasteiger partial charge in [-0.15, -0.1) is 0 Å². The fourth-order valence-electron chi connectivity index (χ4n) is 1.27. The van der Waals surface area contributed by atoms with E-state index in [9.17, 15) is 4.79 Å². The second-order valence-corrected chi connectivity index (χ2v) is 4.26. The lowest BCUT2D eigenvalue weighted by Gasteiger charge is -2.08. The zero-order chi connectivity index (χ0) is 12.4. The maximum Gasteiger partial charge on any atom is 0.277 e. The summed E-state index contributed by atoms with van der Waals surface area (Å²) in [6.07, 6.45) is 0. The van der Waals surface area contributed by atoms with Crippen molar-refractivity contribution >= 4 is 39.1 Å². The van der Waals surface area contributed by atoms with Crippen LogP contribution in [0.4, 0.5) is 23.1 Å². The predicted molar refractivity (Wildman–Crippen MR) is 71.1 cm³/mol. The lowest BCUT2D eigenvalue weighted by atomic mass is 10.3. The summed E-state index contributed by atoms with van der Waals surface area (Å²) in [6.45, 7) is 0. The van der Waals surface area contributed by atoms with Gasteiger partial charge in [0.2, 0.25) is 5.95 Å². The molecule has 0 radical (unpaired) electrons. The third kappa shape index (κ3) is 2.56. The SMILES string of the molecule is Nc1nc(Nc2ccc(Br)cc2)c(N)c(=O)[nH]1. The minimum Gasteiger partial charge on any atom is -0.391 e. The first kappa shape index (κ1) is 11.5. The minimum atomic E-state index is -0.461. The van der Waals surface area contributed by atoms with Crippen LogP contribution in [0.3, 0.4) is 0 Å². The zero-order valence-electron chi connectivity index (χ0n) is 8.70. The maximum atomic E-state index is 11.4. The number of nitrogen functional groups attached to an aromatic ring is 2. The highest BCUT2D eigenvalue weighted by molar-refractivity contribution is 9.10. The van der Waals surface area contributed by atoms with Gasteiger partial charge in [-0.3, -0.25) is 9.78 Å². The molecule has 17 heavy (non-hydrogen) atoms. The summed E-state index contributed by atoms with van der Waals surface area (Å²) in [6, 6.07) is 7.36. The molecule has 0 unspecified atom stereocenters. The molecule has 1 aromatic heterocycles. The Morgan fingerprint density at radius 1 is 1.24 bits per heavy atom.